The van der Waals surface area contributed by atoms with Crippen molar-refractivity contribution in [2.24, 2.45) is 0 Å². The molecule has 104 valence electrons. The van der Waals surface area contributed by atoms with Gasteiger partial charge in [0.05, 0.1) is 4.92 Å². The number of hydrogen-bond donors (Lipinski definition) is 2. The molecule has 2 aromatic rings. The van der Waals surface area contributed by atoms with E-state index in [9.17, 15) is 14.9 Å². The minimum Gasteiger partial charge on any atom is -0.476 e. The van der Waals surface area contributed by atoms with Crippen molar-refractivity contribution in [1.29, 1.82) is 0 Å². The zero-order chi connectivity index (χ0) is 14.7. The van der Waals surface area contributed by atoms with E-state index in [1.54, 1.807) is 19.1 Å². The highest BCUT2D eigenvalue weighted by molar-refractivity contribution is 5.85. The fourth-order valence-corrected chi connectivity index (χ4v) is 1.68. The highest BCUT2D eigenvalue weighted by Gasteiger charge is 2.14. The number of nitro benzene ring substituents is 1. The highest BCUT2D eigenvalue weighted by Crippen LogP contribution is 2.21. The molecule has 8 heteroatoms. The van der Waals surface area contributed by atoms with Crippen molar-refractivity contribution in [2.45, 2.75) is 13.5 Å². The number of carbonyl (C=O) groups is 1. The lowest BCUT2D eigenvalue weighted by molar-refractivity contribution is -0.385. The van der Waals surface area contributed by atoms with Gasteiger partial charge in [0, 0.05) is 18.2 Å². The molecule has 0 atom stereocenters. The number of nitrogens with zero attached hydrogens (tertiary/aromatic N) is 2. The monoisotopic (exact) mass is 277 g/mol. The van der Waals surface area contributed by atoms with E-state index in [0.717, 1.165) is 6.26 Å². The molecule has 0 fully saturated rings. The molecule has 0 spiro atoms. The van der Waals surface area contributed by atoms with Crippen LogP contribution >= 0.6 is 0 Å². The fourth-order valence-electron chi connectivity index (χ4n) is 1.68. The number of aromatic carboxylic acids is 1. The predicted molar refractivity (Wildman–Crippen MR) is 68.6 cm³/mol. The third kappa shape index (κ3) is 2.74. The molecule has 0 aliphatic carbocycles. The number of carboxylic acids is 1. The summed E-state index contributed by atoms with van der Waals surface area (Å²) in [6.45, 7) is 1.89. The van der Waals surface area contributed by atoms with Gasteiger partial charge in [0.15, 0.2) is 5.69 Å². The third-order valence-corrected chi connectivity index (χ3v) is 2.77. The number of rotatable bonds is 5. The number of nitro groups is 1. The lowest BCUT2D eigenvalue weighted by atomic mass is 10.1. The first-order valence-electron chi connectivity index (χ1n) is 5.64. The Balaban J connectivity index is 2.12. The molecule has 0 unspecified atom stereocenters. The number of hydrogen-bond acceptors (Lipinski definition) is 6. The molecule has 2 rings (SSSR count). The molecule has 2 N–H and O–H groups in total. The molecule has 0 aliphatic rings. The summed E-state index contributed by atoms with van der Waals surface area (Å²) in [6, 6.07) is 4.79. The van der Waals surface area contributed by atoms with Gasteiger partial charge < -0.3 is 14.8 Å². The minimum absolute atomic E-state index is 0.0305. The number of oxazole rings is 1. The van der Waals surface area contributed by atoms with Crippen LogP contribution in [-0.4, -0.2) is 21.0 Å². The van der Waals surface area contributed by atoms with E-state index in [2.05, 4.69) is 10.3 Å². The standard InChI is InChI=1S/C12H11N3O5/c1-7-8(3-2-4-10(7)15(18)19)5-13-12-14-9(6-20-12)11(16)17/h2-4,6H,5H2,1H3,(H,13,14)(H,16,17). The van der Waals surface area contributed by atoms with Gasteiger partial charge in [-0.2, -0.15) is 4.98 Å². The van der Waals surface area contributed by atoms with E-state index >= 15 is 0 Å². The van der Waals surface area contributed by atoms with Crippen LogP contribution in [0.25, 0.3) is 0 Å². The van der Waals surface area contributed by atoms with Crippen molar-refractivity contribution < 1.29 is 19.2 Å². The Bertz CT molecular complexity index is 665. The SMILES string of the molecule is Cc1c(CNc2nc(C(=O)O)co2)cccc1[N+](=O)[O-]. The van der Waals surface area contributed by atoms with Crippen molar-refractivity contribution in [3.63, 3.8) is 0 Å². The van der Waals surface area contributed by atoms with Crippen LogP contribution in [-0.2, 0) is 6.54 Å². The number of carboxylic acid groups (broad SMARTS) is 1. The van der Waals surface area contributed by atoms with Gasteiger partial charge in [-0.3, -0.25) is 10.1 Å². The maximum absolute atomic E-state index is 10.8. The van der Waals surface area contributed by atoms with Gasteiger partial charge in [-0.05, 0) is 12.5 Å². The zero-order valence-electron chi connectivity index (χ0n) is 10.5. The smallest absolute Gasteiger partial charge is 0.357 e. The van der Waals surface area contributed by atoms with Crippen LogP contribution in [0.15, 0.2) is 28.9 Å². The molecule has 0 saturated heterocycles. The van der Waals surface area contributed by atoms with E-state index in [1.165, 1.54) is 6.07 Å². The molecule has 1 aromatic carbocycles. The molecule has 0 saturated carbocycles. The van der Waals surface area contributed by atoms with Crippen molar-refractivity contribution in [1.82, 2.24) is 4.98 Å². The molecule has 0 aliphatic heterocycles. The zero-order valence-corrected chi connectivity index (χ0v) is 10.5. The Morgan fingerprint density at radius 3 is 2.90 bits per heavy atom. The van der Waals surface area contributed by atoms with Gasteiger partial charge in [-0.1, -0.05) is 12.1 Å². The summed E-state index contributed by atoms with van der Waals surface area (Å²) >= 11 is 0. The second kappa shape index (κ2) is 5.39. The molecule has 1 aromatic heterocycles. The second-order valence-corrected chi connectivity index (χ2v) is 4.01. The number of nitrogens with one attached hydrogen (secondary N) is 1. The van der Waals surface area contributed by atoms with Crippen molar-refractivity contribution in [2.75, 3.05) is 5.32 Å². The largest absolute Gasteiger partial charge is 0.476 e. The van der Waals surface area contributed by atoms with E-state index in [0.29, 0.717) is 11.1 Å². The van der Waals surface area contributed by atoms with E-state index in [1.807, 2.05) is 0 Å². The average Bonchev–Trinajstić information content (AvgIpc) is 2.86. The molecule has 0 bridgehead atoms. The third-order valence-electron chi connectivity index (χ3n) is 2.77. The Morgan fingerprint density at radius 2 is 2.30 bits per heavy atom. The quantitative estimate of drug-likeness (QED) is 0.635. The fraction of sp³-hybridized carbons (Fsp3) is 0.167. The summed E-state index contributed by atoms with van der Waals surface area (Å²) in [4.78, 5) is 24.7. The summed E-state index contributed by atoms with van der Waals surface area (Å²) in [6.07, 6.45) is 1.02. The van der Waals surface area contributed by atoms with Crippen LogP contribution in [0.5, 0.6) is 0 Å². The van der Waals surface area contributed by atoms with Gasteiger partial charge in [-0.25, -0.2) is 4.79 Å². The number of benzene rings is 1. The van der Waals surface area contributed by atoms with Gasteiger partial charge in [-0.15, -0.1) is 0 Å². The lowest BCUT2D eigenvalue weighted by Gasteiger charge is -2.06. The van der Waals surface area contributed by atoms with Crippen molar-refractivity contribution in [3.05, 3.63) is 51.4 Å². The molecular weight excluding hydrogens is 266 g/mol. The maximum Gasteiger partial charge on any atom is 0.357 e. The Hall–Kier alpha value is -2.90. The molecule has 1 heterocycles. The second-order valence-electron chi connectivity index (χ2n) is 4.01. The van der Waals surface area contributed by atoms with Gasteiger partial charge >= 0.3 is 5.97 Å². The van der Waals surface area contributed by atoms with Crippen LogP contribution in [0.3, 0.4) is 0 Å². The maximum atomic E-state index is 10.8. The summed E-state index contributed by atoms with van der Waals surface area (Å²) in [7, 11) is 0. The Morgan fingerprint density at radius 1 is 1.55 bits per heavy atom. The van der Waals surface area contributed by atoms with E-state index in [-0.39, 0.29) is 23.9 Å². The minimum atomic E-state index is -1.19. The summed E-state index contributed by atoms with van der Waals surface area (Å²) in [5.41, 5.74) is 1.07. The molecule has 8 nitrogen and oxygen atoms in total. The predicted octanol–water partition coefficient (Wildman–Crippen LogP) is 2.20. The first kappa shape index (κ1) is 13.5. The summed E-state index contributed by atoms with van der Waals surface area (Å²) in [5.74, 6) is -1.19. The summed E-state index contributed by atoms with van der Waals surface area (Å²) in [5, 5.41) is 22.3. The first-order valence-corrected chi connectivity index (χ1v) is 5.64. The average molecular weight is 277 g/mol. The first-order chi connectivity index (χ1) is 9.49. The molecular formula is C12H11N3O5. The Kier molecular flexibility index (Phi) is 3.65. The van der Waals surface area contributed by atoms with Crippen LogP contribution in [0, 0.1) is 17.0 Å². The van der Waals surface area contributed by atoms with E-state index < -0.39 is 10.9 Å². The van der Waals surface area contributed by atoms with Gasteiger partial charge in [0.1, 0.15) is 6.26 Å². The molecule has 20 heavy (non-hydrogen) atoms. The highest BCUT2D eigenvalue weighted by atomic mass is 16.6. The lowest BCUT2D eigenvalue weighted by Crippen LogP contribution is -2.04. The van der Waals surface area contributed by atoms with Gasteiger partial charge in [0.2, 0.25) is 0 Å². The van der Waals surface area contributed by atoms with Crippen molar-refractivity contribution in [3.8, 4) is 0 Å². The normalized spacial score (nSPS) is 10.2. The number of aromatic nitrogens is 1. The van der Waals surface area contributed by atoms with E-state index in [4.69, 9.17) is 9.52 Å². The van der Waals surface area contributed by atoms with Crippen LogP contribution in [0.4, 0.5) is 11.7 Å². The topological polar surface area (TPSA) is 118 Å². The molecule has 0 radical (unpaired) electrons. The van der Waals surface area contributed by atoms with Crippen LogP contribution < -0.4 is 5.32 Å². The Labute approximate surface area is 113 Å². The van der Waals surface area contributed by atoms with Crippen LogP contribution in [0.1, 0.15) is 21.6 Å². The van der Waals surface area contributed by atoms with Crippen molar-refractivity contribution >= 4 is 17.7 Å². The summed E-state index contributed by atoms with van der Waals surface area (Å²) < 4.78 is 4.93. The number of anilines is 1. The molecule has 0 amide bonds. The van der Waals surface area contributed by atoms with Gasteiger partial charge in [0.25, 0.3) is 11.7 Å². The van der Waals surface area contributed by atoms with Crippen LogP contribution in [0.2, 0.25) is 0 Å².